The van der Waals surface area contributed by atoms with Gasteiger partial charge in [-0.05, 0) is 68.7 Å². The van der Waals surface area contributed by atoms with E-state index in [0.29, 0.717) is 23.1 Å². The van der Waals surface area contributed by atoms with Crippen molar-refractivity contribution in [1.29, 1.82) is 0 Å². The number of carboxylic acids is 1. The number of likely N-dealkylation sites (tertiary alicyclic amines) is 1. The summed E-state index contributed by atoms with van der Waals surface area (Å²) in [5, 5.41) is 17.4. The van der Waals surface area contributed by atoms with Gasteiger partial charge in [0.2, 0.25) is 11.8 Å². The van der Waals surface area contributed by atoms with Crippen LogP contribution >= 0.6 is 0 Å². The molecule has 0 saturated carbocycles. The lowest BCUT2D eigenvalue weighted by atomic mass is 10.0. The molecule has 3 aromatic rings. The summed E-state index contributed by atoms with van der Waals surface area (Å²) in [6, 6.07) is 1.73. The Morgan fingerprint density at radius 3 is 2.32 bits per heavy atom. The zero-order valence-corrected chi connectivity index (χ0v) is 24.6. The third kappa shape index (κ3) is 6.13. The zero-order chi connectivity index (χ0) is 30.2. The Balaban J connectivity index is 1.66. The summed E-state index contributed by atoms with van der Waals surface area (Å²) in [5.74, 6) is -1.38. The topological polar surface area (TPSA) is 147 Å². The number of hydrogen-bond donors (Lipinski definition) is 2. The summed E-state index contributed by atoms with van der Waals surface area (Å²) in [4.78, 5) is 61.6. The highest BCUT2D eigenvalue weighted by Gasteiger charge is 2.44. The summed E-state index contributed by atoms with van der Waals surface area (Å²) >= 11 is 0. The van der Waals surface area contributed by atoms with E-state index in [1.807, 2.05) is 46.8 Å². The number of amides is 2. The molecule has 1 fully saturated rings. The number of carbonyl (C=O) groups excluding carboxylic acids is 3. The van der Waals surface area contributed by atoms with Crippen molar-refractivity contribution in [2.24, 2.45) is 11.8 Å². The first kappa shape index (κ1) is 29.8. The number of hydrogen-bond acceptors (Lipinski definition) is 7. The quantitative estimate of drug-likeness (QED) is 0.376. The number of carboxylic acid groups (broad SMARTS) is 1. The van der Waals surface area contributed by atoms with Crippen LogP contribution in [0.5, 0.6) is 0 Å². The van der Waals surface area contributed by atoms with E-state index in [4.69, 9.17) is 0 Å². The van der Waals surface area contributed by atoms with Gasteiger partial charge in [-0.15, -0.1) is 0 Å². The van der Waals surface area contributed by atoms with E-state index in [-0.39, 0.29) is 48.2 Å². The van der Waals surface area contributed by atoms with Gasteiger partial charge >= 0.3 is 5.97 Å². The molecule has 4 atom stereocenters. The van der Waals surface area contributed by atoms with Crippen LogP contribution < -0.4 is 5.32 Å². The van der Waals surface area contributed by atoms with E-state index in [2.05, 4.69) is 20.4 Å². The lowest BCUT2D eigenvalue weighted by molar-refractivity contribution is -0.145. The van der Waals surface area contributed by atoms with Crippen molar-refractivity contribution in [3.8, 4) is 11.1 Å². The Labute approximate surface area is 239 Å². The number of Topliss-reactive ketones (excluding diaryl/α,β-unsaturated/α-hetero) is 1. The van der Waals surface area contributed by atoms with E-state index >= 15 is 0 Å². The zero-order valence-electron chi connectivity index (χ0n) is 24.6. The summed E-state index contributed by atoms with van der Waals surface area (Å²) in [6.07, 6.45) is 4.16. The third-order valence-electron chi connectivity index (χ3n) is 7.87. The number of carbonyl (C=O) groups is 4. The molecule has 0 spiro atoms. The minimum Gasteiger partial charge on any atom is -0.480 e. The van der Waals surface area contributed by atoms with Gasteiger partial charge in [-0.3, -0.25) is 19.1 Å². The van der Waals surface area contributed by atoms with E-state index < -0.39 is 24.0 Å². The van der Waals surface area contributed by atoms with Gasteiger partial charge in [-0.1, -0.05) is 20.8 Å². The maximum absolute atomic E-state index is 13.8. The Hall–Kier alpha value is -4.15. The van der Waals surface area contributed by atoms with Crippen LogP contribution in [0.4, 0.5) is 0 Å². The SMILES string of the molecule is CC(=O)c1nn(CC(=O)N2[C@H](C)[C@@H](C)C[C@H]2C(=O)N[C@H](CC(C)C)C(=O)O)c2c(C)cc(-c3cnc(C)nc3)cc12. The van der Waals surface area contributed by atoms with Crippen LogP contribution in [-0.2, 0) is 20.9 Å². The van der Waals surface area contributed by atoms with E-state index in [1.54, 1.807) is 24.2 Å². The molecule has 0 aliphatic carbocycles. The van der Waals surface area contributed by atoms with Gasteiger partial charge in [0.15, 0.2) is 5.78 Å². The number of nitrogens with zero attached hydrogens (tertiary/aromatic N) is 5. The molecule has 218 valence electrons. The maximum Gasteiger partial charge on any atom is 0.326 e. The van der Waals surface area contributed by atoms with Crippen LogP contribution in [0.2, 0.25) is 0 Å². The fourth-order valence-electron chi connectivity index (χ4n) is 5.64. The standard InChI is InChI=1S/C30H38N6O5/c1-15(2)8-24(30(40)41)33-29(39)25-10-16(3)18(5)36(25)26(38)14-35-28-17(4)9-21(22-12-31-20(7)32-13-22)11-23(28)27(34-35)19(6)37/h9,11-13,15-16,18,24-25H,8,10,14H2,1-7H3,(H,33,39)(H,40,41)/t16-,18+,24+,25-/m0/s1. The van der Waals surface area contributed by atoms with Gasteiger partial charge in [0, 0.05) is 36.3 Å². The molecule has 11 nitrogen and oxygen atoms in total. The fourth-order valence-corrected chi connectivity index (χ4v) is 5.64. The van der Waals surface area contributed by atoms with Gasteiger partial charge in [0.05, 0.1) is 5.52 Å². The Kier molecular flexibility index (Phi) is 8.55. The summed E-state index contributed by atoms with van der Waals surface area (Å²) in [6.45, 7) is 12.6. The maximum atomic E-state index is 13.8. The van der Waals surface area contributed by atoms with Crippen molar-refractivity contribution in [1.82, 2.24) is 30.0 Å². The lowest BCUT2D eigenvalue weighted by Crippen LogP contribution is -2.53. The summed E-state index contributed by atoms with van der Waals surface area (Å²) in [5.41, 5.74) is 3.35. The van der Waals surface area contributed by atoms with Crippen molar-refractivity contribution in [2.75, 3.05) is 0 Å². The molecule has 0 bridgehead atoms. The fraction of sp³-hybridized carbons (Fsp3) is 0.500. The Morgan fingerprint density at radius 1 is 1.07 bits per heavy atom. The molecule has 1 aromatic carbocycles. The van der Waals surface area contributed by atoms with Crippen molar-refractivity contribution in [3.05, 3.63) is 41.6 Å². The van der Waals surface area contributed by atoms with E-state index in [1.165, 1.54) is 11.6 Å². The van der Waals surface area contributed by atoms with Crippen molar-refractivity contribution >= 4 is 34.5 Å². The van der Waals surface area contributed by atoms with E-state index in [0.717, 1.165) is 16.7 Å². The van der Waals surface area contributed by atoms with Crippen LogP contribution in [0.15, 0.2) is 24.5 Å². The molecule has 1 aliphatic heterocycles. The smallest absolute Gasteiger partial charge is 0.326 e. The van der Waals surface area contributed by atoms with Gasteiger partial charge in [-0.2, -0.15) is 5.10 Å². The van der Waals surface area contributed by atoms with Crippen molar-refractivity contribution < 1.29 is 24.3 Å². The number of rotatable bonds is 9. The molecule has 1 aliphatic rings. The minimum absolute atomic E-state index is 0.0336. The monoisotopic (exact) mass is 562 g/mol. The third-order valence-corrected chi connectivity index (χ3v) is 7.87. The predicted molar refractivity (Wildman–Crippen MR) is 153 cm³/mol. The van der Waals surface area contributed by atoms with Crippen LogP contribution in [-0.4, -0.2) is 71.4 Å². The number of aromatic nitrogens is 4. The molecule has 2 N–H and O–H groups in total. The first-order valence-corrected chi connectivity index (χ1v) is 13.9. The van der Waals surface area contributed by atoms with Crippen LogP contribution in [0, 0.1) is 25.7 Å². The molecule has 0 radical (unpaired) electrons. The first-order chi connectivity index (χ1) is 19.3. The van der Waals surface area contributed by atoms with Gasteiger partial charge < -0.3 is 15.3 Å². The van der Waals surface area contributed by atoms with Gasteiger partial charge in [0.1, 0.15) is 30.1 Å². The second kappa shape index (κ2) is 11.8. The Morgan fingerprint density at radius 2 is 1.73 bits per heavy atom. The van der Waals surface area contributed by atoms with Crippen molar-refractivity contribution in [3.63, 3.8) is 0 Å². The average Bonchev–Trinajstić information content (AvgIpc) is 3.41. The molecule has 3 heterocycles. The molecule has 11 heteroatoms. The molecule has 41 heavy (non-hydrogen) atoms. The largest absolute Gasteiger partial charge is 0.480 e. The number of aliphatic carboxylic acids is 1. The highest BCUT2D eigenvalue weighted by atomic mass is 16.4. The highest BCUT2D eigenvalue weighted by Crippen LogP contribution is 2.32. The molecule has 2 aromatic heterocycles. The first-order valence-electron chi connectivity index (χ1n) is 13.9. The Bertz CT molecular complexity index is 1500. The molecule has 0 unspecified atom stereocenters. The van der Waals surface area contributed by atoms with E-state index in [9.17, 15) is 24.3 Å². The molecule has 4 rings (SSSR count). The normalized spacial score (nSPS) is 19.5. The summed E-state index contributed by atoms with van der Waals surface area (Å²) in [7, 11) is 0. The molecule has 1 saturated heterocycles. The van der Waals surface area contributed by atoms with Crippen LogP contribution in [0.3, 0.4) is 0 Å². The lowest BCUT2D eigenvalue weighted by Gasteiger charge is -2.29. The van der Waals surface area contributed by atoms with Gasteiger partial charge in [0.25, 0.3) is 0 Å². The highest BCUT2D eigenvalue weighted by molar-refractivity contribution is 6.07. The number of aryl methyl sites for hydroxylation is 2. The number of ketones is 1. The second-order valence-corrected chi connectivity index (χ2v) is 11.6. The molecular weight excluding hydrogens is 524 g/mol. The van der Waals surface area contributed by atoms with Crippen LogP contribution in [0.25, 0.3) is 22.0 Å². The number of benzene rings is 1. The molecular formula is C30H38N6O5. The van der Waals surface area contributed by atoms with Gasteiger partial charge in [-0.25, -0.2) is 14.8 Å². The number of nitrogens with one attached hydrogen (secondary N) is 1. The summed E-state index contributed by atoms with van der Waals surface area (Å²) < 4.78 is 1.53. The molecule has 2 amide bonds. The second-order valence-electron chi connectivity index (χ2n) is 11.6. The predicted octanol–water partition coefficient (Wildman–Crippen LogP) is 3.55. The van der Waals surface area contributed by atoms with Crippen LogP contribution in [0.1, 0.15) is 69.3 Å². The average molecular weight is 563 g/mol. The minimum atomic E-state index is -1.10. The number of fused-ring (bicyclic) bond motifs is 1. The van der Waals surface area contributed by atoms with Crippen molar-refractivity contribution in [2.45, 2.75) is 86.0 Å².